The molecule has 0 spiro atoms. The van der Waals surface area contributed by atoms with Gasteiger partial charge in [-0.3, -0.25) is 0 Å². The Labute approximate surface area is 95.4 Å². The first kappa shape index (κ1) is 11.6. The van der Waals surface area contributed by atoms with E-state index in [-0.39, 0.29) is 10.1 Å². The largest absolute Gasteiger partial charge is 0.223 e. The molecule has 1 saturated carbocycles. The Hall–Kier alpha value is -0.900. The summed E-state index contributed by atoms with van der Waals surface area (Å²) in [4.78, 5) is 0.136. The third-order valence-electron chi connectivity index (χ3n) is 3.09. The van der Waals surface area contributed by atoms with E-state index in [4.69, 9.17) is 0 Å². The maximum atomic E-state index is 13.2. The Morgan fingerprint density at radius 3 is 2.38 bits per heavy atom. The highest BCUT2D eigenvalue weighted by molar-refractivity contribution is 7.92. The lowest BCUT2D eigenvalue weighted by molar-refractivity contribution is 0.575. The van der Waals surface area contributed by atoms with Crippen molar-refractivity contribution < 1.29 is 12.8 Å². The van der Waals surface area contributed by atoms with Crippen LogP contribution in [-0.2, 0) is 9.84 Å². The van der Waals surface area contributed by atoms with Gasteiger partial charge in [0.1, 0.15) is 5.82 Å². The average molecular weight is 242 g/mol. The van der Waals surface area contributed by atoms with Crippen molar-refractivity contribution in [1.29, 1.82) is 0 Å². The van der Waals surface area contributed by atoms with Crippen molar-refractivity contribution in [2.75, 3.05) is 0 Å². The quantitative estimate of drug-likeness (QED) is 0.799. The molecule has 1 aromatic carbocycles. The lowest BCUT2D eigenvalue weighted by Crippen LogP contribution is -2.18. The molecule has 1 aromatic rings. The fourth-order valence-corrected chi connectivity index (χ4v) is 4.22. The predicted molar refractivity (Wildman–Crippen MR) is 60.6 cm³/mol. The first-order chi connectivity index (χ1) is 7.50. The van der Waals surface area contributed by atoms with Crippen LogP contribution in [0.25, 0.3) is 0 Å². The van der Waals surface area contributed by atoms with Gasteiger partial charge in [-0.05, 0) is 43.5 Å². The SMILES string of the molecule is Cc1cc(F)cc(S(=O)(=O)C2CCCC2)c1. The minimum Gasteiger partial charge on any atom is -0.223 e. The molecule has 1 aliphatic rings. The fourth-order valence-electron chi connectivity index (χ4n) is 2.26. The number of sulfone groups is 1. The molecule has 1 aliphatic carbocycles. The van der Waals surface area contributed by atoms with Crippen molar-refractivity contribution in [3.05, 3.63) is 29.6 Å². The predicted octanol–water partition coefficient (Wildman–Crippen LogP) is 2.85. The maximum absolute atomic E-state index is 13.2. The molecule has 88 valence electrons. The van der Waals surface area contributed by atoms with Gasteiger partial charge in [-0.1, -0.05) is 12.8 Å². The first-order valence-corrected chi connectivity index (χ1v) is 7.06. The summed E-state index contributed by atoms with van der Waals surface area (Å²) in [5.74, 6) is -0.475. The highest BCUT2D eigenvalue weighted by Crippen LogP contribution is 2.30. The zero-order valence-electron chi connectivity index (χ0n) is 9.24. The van der Waals surface area contributed by atoms with Crippen LogP contribution in [0.3, 0.4) is 0 Å². The van der Waals surface area contributed by atoms with Gasteiger partial charge in [-0.15, -0.1) is 0 Å². The molecule has 2 rings (SSSR count). The van der Waals surface area contributed by atoms with Gasteiger partial charge in [-0.2, -0.15) is 0 Å². The van der Waals surface area contributed by atoms with Crippen LogP contribution < -0.4 is 0 Å². The monoisotopic (exact) mass is 242 g/mol. The molecule has 0 heterocycles. The first-order valence-electron chi connectivity index (χ1n) is 5.51. The lowest BCUT2D eigenvalue weighted by Gasteiger charge is -2.11. The Morgan fingerprint density at radius 2 is 1.81 bits per heavy atom. The number of hydrogen-bond donors (Lipinski definition) is 0. The van der Waals surface area contributed by atoms with E-state index in [0.29, 0.717) is 18.4 Å². The van der Waals surface area contributed by atoms with Crippen LogP contribution in [0, 0.1) is 12.7 Å². The second-order valence-electron chi connectivity index (χ2n) is 4.42. The van der Waals surface area contributed by atoms with Crippen molar-refractivity contribution >= 4 is 9.84 Å². The van der Waals surface area contributed by atoms with Crippen LogP contribution >= 0.6 is 0 Å². The third kappa shape index (κ3) is 2.12. The molecule has 0 aromatic heterocycles. The van der Waals surface area contributed by atoms with Crippen molar-refractivity contribution in [3.8, 4) is 0 Å². The smallest absolute Gasteiger partial charge is 0.181 e. The van der Waals surface area contributed by atoms with Crippen LogP contribution in [0.1, 0.15) is 31.2 Å². The lowest BCUT2D eigenvalue weighted by atomic mass is 10.2. The van der Waals surface area contributed by atoms with E-state index in [0.717, 1.165) is 18.9 Å². The number of rotatable bonds is 2. The van der Waals surface area contributed by atoms with Gasteiger partial charge in [0, 0.05) is 0 Å². The summed E-state index contributed by atoms with van der Waals surface area (Å²) >= 11 is 0. The maximum Gasteiger partial charge on any atom is 0.181 e. The second kappa shape index (κ2) is 4.17. The molecule has 16 heavy (non-hydrogen) atoms. The normalized spacial score (nSPS) is 17.9. The standard InChI is InChI=1S/C12H15FO2S/c1-9-6-10(13)8-12(7-9)16(14,15)11-4-2-3-5-11/h6-8,11H,2-5H2,1H3. The van der Waals surface area contributed by atoms with Crippen molar-refractivity contribution in [3.63, 3.8) is 0 Å². The molecule has 0 aliphatic heterocycles. The van der Waals surface area contributed by atoms with E-state index in [1.165, 1.54) is 6.07 Å². The number of hydrogen-bond acceptors (Lipinski definition) is 2. The second-order valence-corrected chi connectivity index (χ2v) is 6.64. The van der Waals surface area contributed by atoms with E-state index in [9.17, 15) is 12.8 Å². The highest BCUT2D eigenvalue weighted by atomic mass is 32.2. The van der Waals surface area contributed by atoms with Gasteiger partial charge in [0.15, 0.2) is 9.84 Å². The molecule has 0 bridgehead atoms. The molecular weight excluding hydrogens is 227 g/mol. The molecule has 0 N–H and O–H groups in total. The third-order valence-corrected chi connectivity index (χ3v) is 5.33. The van der Waals surface area contributed by atoms with Crippen LogP contribution in [0.2, 0.25) is 0 Å². The average Bonchev–Trinajstić information content (AvgIpc) is 2.69. The van der Waals surface area contributed by atoms with E-state index in [1.807, 2.05) is 0 Å². The molecule has 0 amide bonds. The number of halogens is 1. The van der Waals surface area contributed by atoms with Crippen molar-refractivity contribution in [2.45, 2.75) is 42.8 Å². The summed E-state index contributed by atoms with van der Waals surface area (Å²) in [7, 11) is -3.32. The number of aryl methyl sites for hydroxylation is 1. The van der Waals surface area contributed by atoms with Gasteiger partial charge in [0.25, 0.3) is 0 Å². The van der Waals surface area contributed by atoms with E-state index >= 15 is 0 Å². The zero-order chi connectivity index (χ0) is 11.8. The summed E-state index contributed by atoms with van der Waals surface area (Å²) in [6.45, 7) is 1.71. The molecule has 0 unspecified atom stereocenters. The number of benzene rings is 1. The Balaban J connectivity index is 2.42. The topological polar surface area (TPSA) is 34.1 Å². The molecule has 0 radical (unpaired) electrons. The van der Waals surface area contributed by atoms with Crippen LogP contribution in [0.15, 0.2) is 23.1 Å². The minimum atomic E-state index is -3.32. The summed E-state index contributed by atoms with van der Waals surface area (Å²) in [5.41, 5.74) is 0.650. The Kier molecular flexibility index (Phi) is 3.02. The van der Waals surface area contributed by atoms with Gasteiger partial charge in [0.05, 0.1) is 10.1 Å². The molecule has 0 atom stereocenters. The molecule has 4 heteroatoms. The fraction of sp³-hybridized carbons (Fsp3) is 0.500. The van der Waals surface area contributed by atoms with Crippen molar-refractivity contribution in [2.24, 2.45) is 0 Å². The summed E-state index contributed by atoms with van der Waals surface area (Å²) in [6.07, 6.45) is 3.33. The van der Waals surface area contributed by atoms with E-state index < -0.39 is 15.7 Å². The van der Waals surface area contributed by atoms with Gasteiger partial charge in [-0.25, -0.2) is 12.8 Å². The van der Waals surface area contributed by atoms with Crippen LogP contribution in [0.4, 0.5) is 4.39 Å². The Morgan fingerprint density at radius 1 is 1.19 bits per heavy atom. The zero-order valence-corrected chi connectivity index (χ0v) is 10.1. The van der Waals surface area contributed by atoms with E-state index in [2.05, 4.69) is 0 Å². The summed E-state index contributed by atoms with van der Waals surface area (Å²) in [6, 6.07) is 4.02. The van der Waals surface area contributed by atoms with Gasteiger partial charge in [0.2, 0.25) is 0 Å². The van der Waals surface area contributed by atoms with Crippen LogP contribution in [0.5, 0.6) is 0 Å². The molecule has 0 saturated heterocycles. The van der Waals surface area contributed by atoms with E-state index in [1.54, 1.807) is 13.0 Å². The summed E-state index contributed by atoms with van der Waals surface area (Å²) < 4.78 is 37.5. The van der Waals surface area contributed by atoms with Crippen molar-refractivity contribution in [1.82, 2.24) is 0 Å². The summed E-state index contributed by atoms with van der Waals surface area (Å²) in [5, 5.41) is -0.311. The van der Waals surface area contributed by atoms with Gasteiger partial charge < -0.3 is 0 Å². The molecule has 2 nitrogen and oxygen atoms in total. The highest BCUT2D eigenvalue weighted by Gasteiger charge is 2.30. The van der Waals surface area contributed by atoms with Gasteiger partial charge >= 0.3 is 0 Å². The van der Waals surface area contributed by atoms with Crippen LogP contribution in [-0.4, -0.2) is 13.7 Å². The Bertz CT molecular complexity index is 467. The molecule has 1 fully saturated rings. The minimum absolute atomic E-state index is 0.136. The molecular formula is C12H15FO2S.